The molecule has 0 unspecified atom stereocenters. The predicted octanol–water partition coefficient (Wildman–Crippen LogP) is 2.89. The lowest BCUT2D eigenvalue weighted by molar-refractivity contribution is -0.114. The molecule has 10 heteroatoms. The third kappa shape index (κ3) is 5.08. The number of anilines is 1. The van der Waals surface area contributed by atoms with Crippen molar-refractivity contribution in [3.63, 3.8) is 0 Å². The van der Waals surface area contributed by atoms with Gasteiger partial charge < -0.3 is 14.6 Å². The Bertz CT molecular complexity index is 810. The number of halogens is 1. The molecule has 2 aromatic rings. The number of thiazole rings is 1. The monoisotopic (exact) mass is 397 g/mol. The minimum Gasteiger partial charge on any atom is -0.367 e. The maximum Gasteiger partial charge on any atom is 0.230 e. The van der Waals surface area contributed by atoms with Crippen molar-refractivity contribution in [1.29, 1.82) is 0 Å². The molecule has 2 atom stereocenters. The summed E-state index contributed by atoms with van der Waals surface area (Å²) in [6.07, 6.45) is 1.62. The molecule has 3 heterocycles. The van der Waals surface area contributed by atoms with E-state index in [1.54, 1.807) is 6.92 Å². The molecule has 2 aromatic heterocycles. The van der Waals surface area contributed by atoms with Crippen LogP contribution in [0, 0.1) is 12.9 Å². The molecule has 0 aliphatic carbocycles. The Hall–Kier alpha value is -1.91. The summed E-state index contributed by atoms with van der Waals surface area (Å²) in [6, 6.07) is 0.210. The number of carbonyl (C=O) groups is 1. The molecule has 1 aliphatic rings. The number of aryl methyl sites for hydroxylation is 1. The topological polar surface area (TPSA) is 93.4 Å². The first-order valence-electron chi connectivity index (χ1n) is 8.84. The molecule has 0 aromatic carbocycles. The standard InChI is InChI=1S/C17H24FN5O3S/c1-10-7-17(4,25-9-14-20-12(3)26-22-14)5-6-23(10)8-13-15(18)21-16(27-13)19-11(2)24/h10H,5-9H2,1-4H3,(H,19,21,24)/t10-,17-/m1/s1. The smallest absolute Gasteiger partial charge is 0.230 e. The summed E-state index contributed by atoms with van der Waals surface area (Å²) in [4.78, 5) is 21.8. The molecule has 1 amide bonds. The second-order valence-corrected chi connectivity index (χ2v) is 8.24. The fraction of sp³-hybridized carbons (Fsp3) is 0.647. The number of ether oxygens (including phenoxy) is 1. The van der Waals surface area contributed by atoms with E-state index in [0.29, 0.717) is 34.9 Å². The number of rotatable bonds is 6. The van der Waals surface area contributed by atoms with Crippen LogP contribution in [0.15, 0.2) is 4.52 Å². The van der Waals surface area contributed by atoms with Crippen LogP contribution in [0.2, 0.25) is 0 Å². The number of nitrogens with zero attached hydrogens (tertiary/aromatic N) is 4. The molecule has 1 aliphatic heterocycles. The highest BCUT2D eigenvalue weighted by molar-refractivity contribution is 7.15. The summed E-state index contributed by atoms with van der Waals surface area (Å²) in [5, 5.41) is 6.68. The first-order valence-corrected chi connectivity index (χ1v) is 9.66. The zero-order valence-electron chi connectivity index (χ0n) is 15.9. The van der Waals surface area contributed by atoms with Crippen molar-refractivity contribution in [1.82, 2.24) is 20.0 Å². The first kappa shape index (κ1) is 19.8. The number of aromatic nitrogens is 3. The summed E-state index contributed by atoms with van der Waals surface area (Å²) in [5.41, 5.74) is -0.294. The van der Waals surface area contributed by atoms with E-state index >= 15 is 0 Å². The quantitative estimate of drug-likeness (QED) is 0.801. The zero-order chi connectivity index (χ0) is 19.6. The Labute approximate surface area is 161 Å². The number of hydrogen-bond donors (Lipinski definition) is 1. The third-order valence-electron chi connectivity index (χ3n) is 4.68. The van der Waals surface area contributed by atoms with E-state index in [1.807, 2.05) is 0 Å². The van der Waals surface area contributed by atoms with Crippen molar-refractivity contribution in [2.24, 2.45) is 0 Å². The molecule has 8 nitrogen and oxygen atoms in total. The minimum absolute atomic E-state index is 0.210. The lowest BCUT2D eigenvalue weighted by Gasteiger charge is -2.43. The number of carbonyl (C=O) groups excluding carboxylic acids is 1. The zero-order valence-corrected chi connectivity index (χ0v) is 16.7. The lowest BCUT2D eigenvalue weighted by atomic mass is 9.88. The summed E-state index contributed by atoms with van der Waals surface area (Å²) < 4.78 is 25.1. The van der Waals surface area contributed by atoms with Gasteiger partial charge in [0, 0.05) is 33.0 Å². The van der Waals surface area contributed by atoms with Gasteiger partial charge in [-0.3, -0.25) is 9.69 Å². The molecule has 0 radical (unpaired) electrons. The van der Waals surface area contributed by atoms with Crippen LogP contribution < -0.4 is 5.32 Å². The van der Waals surface area contributed by atoms with Gasteiger partial charge in [0.25, 0.3) is 0 Å². The van der Waals surface area contributed by atoms with Crippen LogP contribution in [0.5, 0.6) is 0 Å². The van der Waals surface area contributed by atoms with Crippen LogP contribution in [0.25, 0.3) is 0 Å². The molecule has 27 heavy (non-hydrogen) atoms. The Morgan fingerprint density at radius 1 is 1.52 bits per heavy atom. The average molecular weight is 397 g/mol. The Balaban J connectivity index is 1.56. The number of likely N-dealkylation sites (tertiary alicyclic amines) is 1. The molecule has 0 saturated carbocycles. The maximum absolute atomic E-state index is 14.1. The van der Waals surface area contributed by atoms with Gasteiger partial charge in [-0.25, -0.2) is 0 Å². The SMILES string of the molecule is CC(=O)Nc1nc(F)c(CN2CC[C@@](C)(OCc3noc(C)n3)C[C@H]2C)s1. The van der Waals surface area contributed by atoms with Crippen LogP contribution in [-0.4, -0.2) is 44.1 Å². The summed E-state index contributed by atoms with van der Waals surface area (Å²) in [7, 11) is 0. The summed E-state index contributed by atoms with van der Waals surface area (Å²) in [6.45, 7) is 8.85. The minimum atomic E-state index is -0.520. The highest BCUT2D eigenvalue weighted by Crippen LogP contribution is 2.33. The van der Waals surface area contributed by atoms with Crippen molar-refractivity contribution >= 4 is 22.4 Å². The van der Waals surface area contributed by atoms with E-state index in [9.17, 15) is 9.18 Å². The number of piperidine rings is 1. The van der Waals surface area contributed by atoms with Gasteiger partial charge in [-0.05, 0) is 26.7 Å². The van der Waals surface area contributed by atoms with Crippen molar-refractivity contribution in [2.45, 2.75) is 65.3 Å². The Morgan fingerprint density at radius 3 is 2.93 bits per heavy atom. The van der Waals surface area contributed by atoms with E-state index in [1.165, 1.54) is 18.3 Å². The molecule has 1 N–H and O–H groups in total. The molecule has 1 fully saturated rings. The van der Waals surface area contributed by atoms with Gasteiger partial charge in [0.2, 0.25) is 17.7 Å². The molecule has 148 valence electrons. The van der Waals surface area contributed by atoms with E-state index < -0.39 is 5.95 Å². The summed E-state index contributed by atoms with van der Waals surface area (Å²) in [5.74, 6) is 0.285. The van der Waals surface area contributed by atoms with E-state index in [2.05, 4.69) is 39.2 Å². The van der Waals surface area contributed by atoms with E-state index in [0.717, 1.165) is 19.4 Å². The van der Waals surface area contributed by atoms with Crippen LogP contribution >= 0.6 is 11.3 Å². The molecule has 1 saturated heterocycles. The Kier molecular flexibility index (Phi) is 5.87. The van der Waals surface area contributed by atoms with Gasteiger partial charge in [-0.2, -0.15) is 14.4 Å². The van der Waals surface area contributed by atoms with Gasteiger partial charge in [0.05, 0.1) is 10.5 Å². The lowest BCUT2D eigenvalue weighted by Crippen LogP contribution is -2.48. The second kappa shape index (κ2) is 7.99. The largest absolute Gasteiger partial charge is 0.367 e. The third-order valence-corrected chi connectivity index (χ3v) is 5.61. The molecule has 0 spiro atoms. The molecule has 3 rings (SSSR count). The maximum atomic E-state index is 14.1. The van der Waals surface area contributed by atoms with Crippen molar-refractivity contribution in [3.05, 3.63) is 22.5 Å². The normalized spacial score (nSPS) is 23.5. The number of nitrogens with one attached hydrogen (secondary N) is 1. The fourth-order valence-corrected chi connectivity index (χ4v) is 4.19. The van der Waals surface area contributed by atoms with Crippen molar-refractivity contribution in [3.8, 4) is 0 Å². The fourth-order valence-electron chi connectivity index (χ4n) is 3.28. The average Bonchev–Trinajstić information content (AvgIpc) is 3.14. The van der Waals surface area contributed by atoms with Crippen LogP contribution in [0.1, 0.15) is 50.2 Å². The van der Waals surface area contributed by atoms with E-state index in [4.69, 9.17) is 9.26 Å². The Morgan fingerprint density at radius 2 is 2.30 bits per heavy atom. The van der Waals surface area contributed by atoms with Crippen LogP contribution in [0.3, 0.4) is 0 Å². The highest BCUT2D eigenvalue weighted by Gasteiger charge is 2.36. The van der Waals surface area contributed by atoms with Crippen molar-refractivity contribution < 1.29 is 18.4 Å². The molecular weight excluding hydrogens is 373 g/mol. The van der Waals surface area contributed by atoms with Gasteiger partial charge >= 0.3 is 0 Å². The highest BCUT2D eigenvalue weighted by atomic mass is 32.1. The first-order chi connectivity index (χ1) is 12.7. The molecule has 0 bridgehead atoms. The molecular formula is C17H24FN5O3S. The van der Waals surface area contributed by atoms with Gasteiger partial charge in [-0.15, -0.1) is 0 Å². The summed E-state index contributed by atoms with van der Waals surface area (Å²) >= 11 is 1.18. The van der Waals surface area contributed by atoms with Gasteiger partial charge in [0.15, 0.2) is 11.0 Å². The second-order valence-electron chi connectivity index (χ2n) is 7.16. The van der Waals surface area contributed by atoms with Crippen molar-refractivity contribution in [2.75, 3.05) is 11.9 Å². The van der Waals surface area contributed by atoms with E-state index in [-0.39, 0.29) is 17.6 Å². The van der Waals surface area contributed by atoms with Crippen LogP contribution in [-0.2, 0) is 22.7 Å². The van der Waals surface area contributed by atoms with Crippen LogP contribution in [0.4, 0.5) is 9.52 Å². The number of hydrogen-bond acceptors (Lipinski definition) is 8. The number of amides is 1. The van der Waals surface area contributed by atoms with Gasteiger partial charge in [0.1, 0.15) is 6.61 Å². The van der Waals surface area contributed by atoms with Gasteiger partial charge in [-0.1, -0.05) is 16.5 Å². The predicted molar refractivity (Wildman–Crippen MR) is 97.7 cm³/mol.